The first-order valence-electron chi connectivity index (χ1n) is 24.1. The number of rotatable bonds is 22. The smallest absolute Gasteiger partial charge is 0.335 e. The van der Waals surface area contributed by atoms with Crippen LogP contribution in [0.4, 0.5) is 5.69 Å². The molecule has 0 amide bonds. The fourth-order valence-electron chi connectivity index (χ4n) is 9.44. The Bertz CT molecular complexity index is 3130. The molecule has 7 aromatic rings. The zero-order chi connectivity index (χ0) is 52.0. The summed E-state index contributed by atoms with van der Waals surface area (Å²) in [6.45, 7) is 10.9. The molecule has 1 saturated heterocycles. The van der Waals surface area contributed by atoms with Gasteiger partial charge in [-0.25, -0.2) is 14.0 Å². The SMILES string of the molecule is COc1ccc(C(OC[C@H]2O[C@@H](n3cc(C)c(=O)n(COC(C)c4cc5c(cc4[N+](=O)[O-])oc4ccccc45)c3=O)C[C@@H]2OP(OCCC#N)N(C(C)C)C(C)C)(c2ccccc2)c2ccc(OC)cc2)cc1. The van der Waals surface area contributed by atoms with E-state index in [1.54, 1.807) is 40.2 Å². The zero-order valence-electron chi connectivity index (χ0n) is 42.1. The van der Waals surface area contributed by atoms with Crippen molar-refractivity contribution in [2.45, 2.75) is 103 Å². The lowest BCUT2D eigenvalue weighted by Crippen LogP contribution is -2.42. The number of nitrogens with zero attached hydrogens (tertiary/aromatic N) is 5. The minimum Gasteiger partial charge on any atom is -0.497 e. The fourth-order valence-corrected chi connectivity index (χ4v) is 11.2. The van der Waals surface area contributed by atoms with Crippen molar-refractivity contribution in [1.29, 1.82) is 5.26 Å². The molecule has 1 aliphatic rings. The number of hydrogen-bond donors (Lipinski definition) is 0. The maximum atomic E-state index is 14.7. The van der Waals surface area contributed by atoms with Crippen LogP contribution in [0.2, 0.25) is 0 Å². The Morgan fingerprint density at radius 3 is 2.07 bits per heavy atom. The zero-order valence-corrected chi connectivity index (χ0v) is 43.0. The molecule has 3 heterocycles. The summed E-state index contributed by atoms with van der Waals surface area (Å²) >= 11 is 0. The molecule has 17 nitrogen and oxygen atoms in total. The maximum absolute atomic E-state index is 14.7. The predicted octanol–water partition coefficient (Wildman–Crippen LogP) is 10.8. The Morgan fingerprint density at radius 1 is 0.849 bits per heavy atom. The van der Waals surface area contributed by atoms with Crippen molar-refractivity contribution in [2.24, 2.45) is 0 Å². The van der Waals surface area contributed by atoms with Crippen molar-refractivity contribution in [1.82, 2.24) is 13.8 Å². The van der Waals surface area contributed by atoms with Gasteiger partial charge >= 0.3 is 5.69 Å². The molecule has 8 rings (SSSR count). The van der Waals surface area contributed by atoms with Crippen LogP contribution in [0, 0.1) is 28.4 Å². The van der Waals surface area contributed by atoms with Gasteiger partial charge < -0.3 is 37.1 Å². The first kappa shape index (κ1) is 52.6. The van der Waals surface area contributed by atoms with Gasteiger partial charge in [0.05, 0.1) is 68.7 Å². The number of para-hydroxylation sites is 1. The number of ether oxygens (including phenoxy) is 5. The average molecular weight is 1010 g/mol. The summed E-state index contributed by atoms with van der Waals surface area (Å²) in [5.74, 6) is 1.32. The highest BCUT2D eigenvalue weighted by Crippen LogP contribution is 2.51. The number of nitriles is 1. The molecular weight excluding hydrogens is 954 g/mol. The summed E-state index contributed by atoms with van der Waals surface area (Å²) in [6, 6.07) is 37.6. The molecule has 5 aromatic carbocycles. The van der Waals surface area contributed by atoms with Crippen LogP contribution in [0.25, 0.3) is 21.9 Å². The second kappa shape index (κ2) is 23.0. The Morgan fingerprint density at radius 2 is 1.47 bits per heavy atom. The summed E-state index contributed by atoms with van der Waals surface area (Å²) < 4.78 is 55.4. The van der Waals surface area contributed by atoms with Crippen molar-refractivity contribution in [2.75, 3.05) is 27.4 Å². The Hall–Kier alpha value is -6.74. The van der Waals surface area contributed by atoms with Crippen LogP contribution in [0.15, 0.2) is 135 Å². The Balaban J connectivity index is 1.17. The lowest BCUT2D eigenvalue weighted by atomic mass is 9.80. The van der Waals surface area contributed by atoms with E-state index in [4.69, 9.17) is 37.1 Å². The highest BCUT2D eigenvalue weighted by atomic mass is 31.2. The molecule has 2 aromatic heterocycles. The van der Waals surface area contributed by atoms with Gasteiger partial charge in [0.1, 0.15) is 47.3 Å². The van der Waals surface area contributed by atoms with Crippen molar-refractivity contribution in [3.05, 3.63) is 180 Å². The number of hydrogen-bond acceptors (Lipinski definition) is 14. The first-order valence-corrected chi connectivity index (χ1v) is 25.2. The van der Waals surface area contributed by atoms with Crippen LogP contribution in [0.1, 0.15) is 87.6 Å². The molecule has 5 atom stereocenters. The van der Waals surface area contributed by atoms with E-state index in [1.165, 1.54) is 16.8 Å². The normalized spacial score (nSPS) is 16.9. The van der Waals surface area contributed by atoms with E-state index in [0.717, 1.165) is 26.6 Å². The van der Waals surface area contributed by atoms with Gasteiger partial charge in [-0.05, 0) is 94.6 Å². The summed E-state index contributed by atoms with van der Waals surface area (Å²) in [7, 11) is 1.41. The number of nitro groups is 1. The molecule has 0 aliphatic carbocycles. The van der Waals surface area contributed by atoms with E-state index in [1.807, 2.05) is 125 Å². The largest absolute Gasteiger partial charge is 0.497 e. The van der Waals surface area contributed by atoms with E-state index in [0.29, 0.717) is 28.1 Å². The van der Waals surface area contributed by atoms with Crippen LogP contribution in [-0.4, -0.2) is 70.5 Å². The number of fused-ring (bicyclic) bond motifs is 3. The number of aromatic nitrogens is 2. The van der Waals surface area contributed by atoms with Gasteiger partial charge in [0, 0.05) is 41.0 Å². The van der Waals surface area contributed by atoms with E-state index in [9.17, 15) is 25.0 Å². The fraction of sp³-hybridized carbons (Fsp3) is 0.364. The Labute approximate surface area is 424 Å². The standard InChI is InChI=1S/C55H60N5O12P/c1-35(2)59(36(3)4)73(69-28-14-27-56)72-50-31-52(71-51(50)33-68-55(39-15-10-9-11-16-39,40-19-23-42(65-7)24-20-40)41-21-25-43(66-8)26-22-41)57-32-37(5)53(61)58(54(57)62)34-67-38(6)45-29-46-44-17-12-13-18-48(44)70-49(46)30-47(45)60(63)64/h9-13,15-26,29-30,32,35-36,38,50-52H,14,28,31,33-34H2,1-8H3/t38?,50-,51+,52+,73?/m0/s1. The summed E-state index contributed by atoms with van der Waals surface area (Å²) in [5, 5.41) is 23.3. The molecule has 0 spiro atoms. The van der Waals surface area contributed by atoms with Crippen molar-refractivity contribution < 1.29 is 42.1 Å². The maximum Gasteiger partial charge on any atom is 0.335 e. The number of furan rings is 1. The lowest BCUT2D eigenvalue weighted by Gasteiger charge is -2.39. The monoisotopic (exact) mass is 1010 g/mol. The van der Waals surface area contributed by atoms with E-state index < -0.39 is 61.6 Å². The second-order valence-electron chi connectivity index (χ2n) is 18.3. The molecule has 1 fully saturated rings. The highest BCUT2D eigenvalue weighted by Gasteiger charge is 2.45. The molecule has 2 unspecified atom stereocenters. The van der Waals surface area contributed by atoms with Gasteiger partial charge in [0.2, 0.25) is 0 Å². The third kappa shape index (κ3) is 11.0. The van der Waals surface area contributed by atoms with E-state index >= 15 is 0 Å². The molecule has 1 aliphatic heterocycles. The minimum atomic E-state index is -1.81. The summed E-state index contributed by atoms with van der Waals surface area (Å²) in [6.07, 6.45) is -1.78. The molecule has 0 bridgehead atoms. The van der Waals surface area contributed by atoms with Crippen LogP contribution < -0.4 is 20.7 Å². The van der Waals surface area contributed by atoms with Gasteiger partial charge in [-0.2, -0.15) is 5.26 Å². The van der Waals surface area contributed by atoms with Crippen molar-refractivity contribution >= 4 is 36.2 Å². The van der Waals surface area contributed by atoms with E-state index in [-0.39, 0.29) is 55.0 Å². The van der Waals surface area contributed by atoms with Crippen LogP contribution in [0.3, 0.4) is 0 Å². The quantitative estimate of drug-likeness (QED) is 0.0205. The number of methoxy groups -OCH3 is 2. The lowest BCUT2D eigenvalue weighted by molar-refractivity contribution is -0.386. The Kier molecular flexibility index (Phi) is 16.6. The van der Waals surface area contributed by atoms with Crippen molar-refractivity contribution in [3.63, 3.8) is 0 Å². The second-order valence-corrected chi connectivity index (χ2v) is 19.7. The molecule has 18 heteroatoms. The van der Waals surface area contributed by atoms with Gasteiger partial charge in [0.15, 0.2) is 0 Å². The van der Waals surface area contributed by atoms with Gasteiger partial charge in [0.25, 0.3) is 19.8 Å². The van der Waals surface area contributed by atoms with Crippen LogP contribution in [0.5, 0.6) is 11.5 Å². The molecule has 382 valence electrons. The first-order chi connectivity index (χ1) is 35.2. The van der Waals surface area contributed by atoms with Crippen LogP contribution in [-0.2, 0) is 35.6 Å². The van der Waals surface area contributed by atoms with Crippen LogP contribution >= 0.6 is 8.53 Å². The highest BCUT2D eigenvalue weighted by molar-refractivity contribution is 7.44. The molecule has 0 N–H and O–H groups in total. The topological polar surface area (TPSA) is 192 Å². The van der Waals surface area contributed by atoms with E-state index in [2.05, 4.69) is 10.7 Å². The summed E-state index contributed by atoms with van der Waals surface area (Å²) in [5.41, 5.74) is 1.00. The van der Waals surface area contributed by atoms with Crippen molar-refractivity contribution in [3.8, 4) is 17.6 Å². The third-order valence-electron chi connectivity index (χ3n) is 13.0. The van der Waals surface area contributed by atoms with Gasteiger partial charge in [-0.1, -0.05) is 72.8 Å². The molecule has 73 heavy (non-hydrogen) atoms. The molecule has 0 saturated carbocycles. The minimum absolute atomic E-state index is 0.0181. The van der Waals surface area contributed by atoms with Gasteiger partial charge in [-0.3, -0.25) is 19.5 Å². The third-order valence-corrected chi connectivity index (χ3v) is 15.2. The molecule has 0 radical (unpaired) electrons. The average Bonchev–Trinajstić information content (AvgIpc) is 3.97. The molecular formula is C55H60N5O12P. The predicted molar refractivity (Wildman–Crippen MR) is 276 cm³/mol. The summed E-state index contributed by atoms with van der Waals surface area (Å²) in [4.78, 5) is 40.5. The number of aryl methyl sites for hydroxylation is 1. The number of nitro benzene ring substituents is 1. The number of benzene rings is 5. The van der Waals surface area contributed by atoms with Gasteiger partial charge in [-0.15, -0.1) is 0 Å².